The molecule has 3 aromatic rings. The topological polar surface area (TPSA) is 147 Å². The number of hydrogen-bond acceptors (Lipinski definition) is 9. The lowest BCUT2D eigenvalue weighted by Gasteiger charge is -2.13. The van der Waals surface area contributed by atoms with Gasteiger partial charge in [0.25, 0.3) is 0 Å². The third-order valence-corrected chi connectivity index (χ3v) is 8.44. The van der Waals surface area contributed by atoms with Crippen LogP contribution in [0.4, 0.5) is 10.8 Å². The van der Waals surface area contributed by atoms with Gasteiger partial charge in [0.2, 0.25) is 10.0 Å². The minimum absolute atomic E-state index is 0.0343. The molecule has 37 heavy (non-hydrogen) atoms. The van der Waals surface area contributed by atoms with Crippen molar-refractivity contribution >= 4 is 61.5 Å². The molecule has 0 saturated heterocycles. The van der Waals surface area contributed by atoms with Crippen molar-refractivity contribution in [3.8, 4) is 0 Å². The number of thiazole rings is 1. The summed E-state index contributed by atoms with van der Waals surface area (Å²) >= 11 is 2.35. The van der Waals surface area contributed by atoms with E-state index >= 15 is 0 Å². The highest BCUT2D eigenvalue weighted by atomic mass is 32.2. The molecule has 2 amide bonds. The molecule has 0 unspecified atom stereocenters. The summed E-state index contributed by atoms with van der Waals surface area (Å²) in [5.74, 6) is -2.02. The summed E-state index contributed by atoms with van der Waals surface area (Å²) in [6, 6.07) is 12.0. The number of amides is 2. The molecule has 1 fully saturated rings. The van der Waals surface area contributed by atoms with Gasteiger partial charge < -0.3 is 5.32 Å². The van der Waals surface area contributed by atoms with Crippen LogP contribution in [0.25, 0.3) is 0 Å². The largest absolute Gasteiger partial charge is 0.317 e. The Labute approximate surface area is 222 Å². The molecule has 1 aliphatic carbocycles. The SMILES string of the molecule is CS(=O)(=O)NCc1nc(NC(=O)C(=O)Nc2ccccc2C(=O)C2CCCC2)sc1Sc1ccccn1. The number of pyridine rings is 1. The van der Waals surface area contributed by atoms with Gasteiger partial charge in [-0.25, -0.2) is 23.1 Å². The summed E-state index contributed by atoms with van der Waals surface area (Å²) in [5.41, 5.74) is 1.05. The molecule has 194 valence electrons. The van der Waals surface area contributed by atoms with E-state index in [0.29, 0.717) is 20.5 Å². The number of carbonyl (C=O) groups is 3. The molecule has 0 bridgehead atoms. The average Bonchev–Trinajstić information content (AvgIpc) is 3.53. The monoisotopic (exact) mass is 559 g/mol. The first-order valence-corrected chi connectivity index (χ1v) is 15.0. The Kier molecular flexibility index (Phi) is 8.69. The number of anilines is 2. The smallest absolute Gasteiger partial charge is 0.315 e. The molecule has 0 atom stereocenters. The van der Waals surface area contributed by atoms with Gasteiger partial charge in [-0.2, -0.15) is 0 Å². The van der Waals surface area contributed by atoms with E-state index in [0.717, 1.165) is 43.3 Å². The number of ketones is 1. The summed E-state index contributed by atoms with van der Waals surface area (Å²) < 4.78 is 26.2. The molecule has 2 aromatic heterocycles. The highest BCUT2D eigenvalue weighted by Gasteiger charge is 2.27. The van der Waals surface area contributed by atoms with Crippen molar-refractivity contribution in [1.82, 2.24) is 14.7 Å². The fourth-order valence-corrected chi connectivity index (χ4v) is 6.29. The van der Waals surface area contributed by atoms with E-state index in [2.05, 4.69) is 25.3 Å². The number of carbonyl (C=O) groups excluding carboxylic acids is 3. The molecule has 1 saturated carbocycles. The summed E-state index contributed by atoms with van der Waals surface area (Å²) in [4.78, 5) is 46.8. The summed E-state index contributed by atoms with van der Waals surface area (Å²) in [5, 5.41) is 5.79. The van der Waals surface area contributed by atoms with Crippen LogP contribution in [0.2, 0.25) is 0 Å². The zero-order valence-corrected chi connectivity index (χ0v) is 22.3. The number of nitrogens with zero attached hydrogens (tertiary/aromatic N) is 2. The Bertz CT molecular complexity index is 1400. The fraction of sp³-hybridized carbons (Fsp3) is 0.292. The van der Waals surface area contributed by atoms with E-state index < -0.39 is 21.8 Å². The molecule has 1 aromatic carbocycles. The predicted octanol–water partition coefficient (Wildman–Crippen LogP) is 3.69. The second kappa shape index (κ2) is 11.9. The van der Waals surface area contributed by atoms with Crippen LogP contribution < -0.4 is 15.4 Å². The van der Waals surface area contributed by atoms with Crippen molar-refractivity contribution in [2.45, 2.75) is 41.5 Å². The van der Waals surface area contributed by atoms with Crippen LogP contribution >= 0.6 is 23.1 Å². The number of nitrogens with one attached hydrogen (secondary N) is 3. The number of hydrogen-bond donors (Lipinski definition) is 3. The first-order chi connectivity index (χ1) is 17.7. The van der Waals surface area contributed by atoms with E-state index in [-0.39, 0.29) is 29.1 Å². The average molecular weight is 560 g/mol. The van der Waals surface area contributed by atoms with Crippen molar-refractivity contribution in [1.29, 1.82) is 0 Å². The van der Waals surface area contributed by atoms with E-state index in [9.17, 15) is 22.8 Å². The lowest BCUT2D eigenvalue weighted by Crippen LogP contribution is -2.30. The van der Waals surface area contributed by atoms with Gasteiger partial charge in [-0.15, -0.1) is 0 Å². The molecular weight excluding hydrogens is 534 g/mol. The molecule has 0 spiro atoms. The second-order valence-electron chi connectivity index (χ2n) is 8.42. The van der Waals surface area contributed by atoms with Crippen molar-refractivity contribution in [3.05, 3.63) is 59.9 Å². The van der Waals surface area contributed by atoms with Gasteiger partial charge in [-0.1, -0.05) is 54.1 Å². The molecule has 3 N–H and O–H groups in total. The molecule has 10 nitrogen and oxygen atoms in total. The Balaban J connectivity index is 1.48. The molecule has 4 rings (SSSR count). The van der Waals surface area contributed by atoms with E-state index in [1.807, 2.05) is 6.07 Å². The lowest BCUT2D eigenvalue weighted by atomic mass is 9.95. The minimum Gasteiger partial charge on any atom is -0.317 e. The van der Waals surface area contributed by atoms with Crippen molar-refractivity contribution in [2.24, 2.45) is 5.92 Å². The maximum atomic E-state index is 12.9. The molecule has 13 heteroatoms. The van der Waals surface area contributed by atoms with Gasteiger partial charge in [0, 0.05) is 17.7 Å². The van der Waals surface area contributed by atoms with E-state index in [1.54, 1.807) is 42.6 Å². The molecule has 0 radical (unpaired) electrons. The van der Waals surface area contributed by atoms with Crippen molar-refractivity contribution in [3.63, 3.8) is 0 Å². The first kappa shape index (κ1) is 26.9. The highest BCUT2D eigenvalue weighted by Crippen LogP contribution is 2.36. The maximum absolute atomic E-state index is 12.9. The summed E-state index contributed by atoms with van der Waals surface area (Å²) in [7, 11) is -3.48. The van der Waals surface area contributed by atoms with Crippen LogP contribution in [0.15, 0.2) is 57.9 Å². The molecule has 0 aliphatic heterocycles. The zero-order valence-electron chi connectivity index (χ0n) is 19.9. The van der Waals surface area contributed by atoms with Crippen LogP contribution in [0, 0.1) is 5.92 Å². The third kappa shape index (κ3) is 7.44. The number of benzene rings is 1. The molecular formula is C24H25N5O5S3. The van der Waals surface area contributed by atoms with Gasteiger partial charge in [-0.3, -0.25) is 19.7 Å². The third-order valence-electron chi connectivity index (χ3n) is 5.59. The van der Waals surface area contributed by atoms with Gasteiger partial charge >= 0.3 is 11.8 Å². The molecule has 1 aliphatic rings. The Morgan fingerprint density at radius 1 is 1.03 bits per heavy atom. The number of rotatable bonds is 9. The number of para-hydroxylation sites is 1. The van der Waals surface area contributed by atoms with Crippen LogP contribution in [0.3, 0.4) is 0 Å². The van der Waals surface area contributed by atoms with E-state index in [1.165, 1.54) is 11.8 Å². The van der Waals surface area contributed by atoms with Crippen LogP contribution in [0.5, 0.6) is 0 Å². The summed E-state index contributed by atoms with van der Waals surface area (Å²) in [6.45, 7) is -0.0940. The van der Waals surface area contributed by atoms with Crippen molar-refractivity contribution in [2.75, 3.05) is 16.9 Å². The predicted molar refractivity (Wildman–Crippen MR) is 142 cm³/mol. The van der Waals surface area contributed by atoms with Crippen LogP contribution in [-0.2, 0) is 26.2 Å². The fourth-order valence-electron chi connectivity index (χ4n) is 3.83. The Hall–Kier alpha value is -3.13. The van der Waals surface area contributed by atoms with Gasteiger partial charge in [-0.05, 0) is 37.1 Å². The Morgan fingerprint density at radius 3 is 2.43 bits per heavy atom. The highest BCUT2D eigenvalue weighted by molar-refractivity contribution is 8.01. The quantitative estimate of drug-likeness (QED) is 0.266. The van der Waals surface area contributed by atoms with Crippen molar-refractivity contribution < 1.29 is 22.8 Å². The number of aromatic nitrogens is 2. The first-order valence-electron chi connectivity index (χ1n) is 11.5. The zero-order chi connectivity index (χ0) is 26.4. The van der Waals surface area contributed by atoms with Gasteiger partial charge in [0.15, 0.2) is 10.9 Å². The van der Waals surface area contributed by atoms with Gasteiger partial charge in [0.1, 0.15) is 5.03 Å². The summed E-state index contributed by atoms with van der Waals surface area (Å²) in [6.07, 6.45) is 6.31. The van der Waals surface area contributed by atoms with Crippen LogP contribution in [-0.4, -0.2) is 42.2 Å². The minimum atomic E-state index is -3.48. The number of sulfonamides is 1. The van der Waals surface area contributed by atoms with Gasteiger partial charge in [0.05, 0.1) is 28.4 Å². The standard InChI is InChI=1S/C24H25N5O5S3/c1-37(33,34)26-14-18-23(35-19-12-6-7-13-25-19)36-24(28-18)29-22(32)21(31)27-17-11-5-4-10-16(17)20(30)15-8-2-3-9-15/h4-7,10-13,15,26H,2-3,8-9,14H2,1H3,(H,27,31)(H,28,29,32). The Morgan fingerprint density at radius 2 is 1.73 bits per heavy atom. The lowest BCUT2D eigenvalue weighted by molar-refractivity contribution is -0.133. The normalized spacial score (nSPS) is 13.9. The second-order valence-corrected chi connectivity index (χ2v) is 12.5. The number of Topliss-reactive ketones (excluding diaryl/α,β-unsaturated/α-hetero) is 1. The molecule has 2 heterocycles. The van der Waals surface area contributed by atoms with E-state index in [4.69, 9.17) is 0 Å². The maximum Gasteiger partial charge on any atom is 0.315 e. The van der Waals surface area contributed by atoms with Crippen LogP contribution in [0.1, 0.15) is 41.7 Å².